The van der Waals surface area contributed by atoms with Crippen molar-refractivity contribution in [1.29, 1.82) is 0 Å². The average Bonchev–Trinajstić information content (AvgIpc) is 2.72. The molecule has 4 nitrogen and oxygen atoms in total. The fraction of sp³-hybridized carbons (Fsp3) is 0.857. The lowest BCUT2D eigenvalue weighted by atomic mass is 10.1. The normalized spacial score (nSPS) is 14.6. The van der Waals surface area contributed by atoms with Gasteiger partial charge in [-0.05, 0) is 32.7 Å². The van der Waals surface area contributed by atoms with Crippen molar-refractivity contribution >= 4 is 11.8 Å². The number of aromatic nitrogens is 3. The maximum Gasteiger partial charge on any atom is 0.191 e. The van der Waals surface area contributed by atoms with Crippen molar-refractivity contribution in [1.82, 2.24) is 20.1 Å². The highest BCUT2D eigenvalue weighted by Gasteiger charge is 2.22. The molecule has 2 unspecified atom stereocenters. The summed E-state index contributed by atoms with van der Waals surface area (Å²) in [6.45, 7) is 9.83. The van der Waals surface area contributed by atoms with E-state index >= 15 is 0 Å². The fourth-order valence-electron chi connectivity index (χ4n) is 2.14. The minimum Gasteiger partial charge on any atom is -0.313 e. The SMILES string of the molecule is CCCNC(CCC)C(CC)Sc1nnc(C)n1C. The lowest BCUT2D eigenvalue weighted by Crippen LogP contribution is -2.38. The summed E-state index contributed by atoms with van der Waals surface area (Å²) in [7, 11) is 2.04. The van der Waals surface area contributed by atoms with Gasteiger partial charge >= 0.3 is 0 Å². The van der Waals surface area contributed by atoms with Gasteiger partial charge in [-0.25, -0.2) is 0 Å². The second kappa shape index (κ2) is 8.59. The third-order valence-electron chi connectivity index (χ3n) is 3.42. The molecule has 19 heavy (non-hydrogen) atoms. The Hall–Kier alpha value is -0.550. The number of hydrogen-bond acceptors (Lipinski definition) is 4. The van der Waals surface area contributed by atoms with Gasteiger partial charge in [0.05, 0.1) is 0 Å². The molecule has 2 atom stereocenters. The predicted molar refractivity (Wildman–Crippen MR) is 82.7 cm³/mol. The molecule has 1 aromatic rings. The van der Waals surface area contributed by atoms with E-state index in [-0.39, 0.29) is 0 Å². The Kier molecular flexibility index (Phi) is 7.46. The van der Waals surface area contributed by atoms with E-state index in [0.29, 0.717) is 11.3 Å². The standard InChI is InChI=1S/C14H28N4S/c1-6-9-12(15-10-7-2)13(8-3)19-14-17-16-11(4)18(14)5/h12-13,15H,6-10H2,1-5H3. The lowest BCUT2D eigenvalue weighted by Gasteiger charge is -2.26. The van der Waals surface area contributed by atoms with Crippen LogP contribution in [0.15, 0.2) is 5.16 Å². The van der Waals surface area contributed by atoms with E-state index in [0.717, 1.165) is 23.9 Å². The smallest absolute Gasteiger partial charge is 0.191 e. The van der Waals surface area contributed by atoms with Crippen LogP contribution in [-0.4, -0.2) is 32.6 Å². The summed E-state index contributed by atoms with van der Waals surface area (Å²) in [6.07, 6.45) is 4.78. The van der Waals surface area contributed by atoms with Crippen LogP contribution in [0.3, 0.4) is 0 Å². The first-order valence-corrected chi connectivity index (χ1v) is 8.27. The second-order valence-electron chi connectivity index (χ2n) is 5.00. The van der Waals surface area contributed by atoms with Gasteiger partial charge in [-0.15, -0.1) is 10.2 Å². The molecule has 0 aliphatic carbocycles. The molecule has 0 aliphatic rings. The van der Waals surface area contributed by atoms with E-state index in [1.54, 1.807) is 0 Å². The molecule has 0 radical (unpaired) electrons. The van der Waals surface area contributed by atoms with Crippen LogP contribution in [-0.2, 0) is 7.05 Å². The molecule has 1 rings (SSSR count). The maximum absolute atomic E-state index is 4.27. The molecule has 1 heterocycles. The number of hydrogen-bond donors (Lipinski definition) is 1. The van der Waals surface area contributed by atoms with Crippen molar-refractivity contribution in [3.8, 4) is 0 Å². The molecular weight excluding hydrogens is 256 g/mol. The molecule has 0 amide bonds. The first-order chi connectivity index (χ1) is 9.13. The molecule has 0 fully saturated rings. The summed E-state index contributed by atoms with van der Waals surface area (Å²) in [5.74, 6) is 0.978. The van der Waals surface area contributed by atoms with Gasteiger partial charge in [0.1, 0.15) is 5.82 Å². The molecule has 110 valence electrons. The Bertz CT molecular complexity index is 364. The summed E-state index contributed by atoms with van der Waals surface area (Å²) < 4.78 is 2.08. The second-order valence-corrected chi connectivity index (χ2v) is 6.21. The maximum atomic E-state index is 4.27. The first kappa shape index (κ1) is 16.5. The van der Waals surface area contributed by atoms with Crippen LogP contribution in [0.2, 0.25) is 0 Å². The van der Waals surface area contributed by atoms with Crippen molar-refractivity contribution in [2.75, 3.05) is 6.54 Å². The van der Waals surface area contributed by atoms with Crippen molar-refractivity contribution in [2.24, 2.45) is 7.05 Å². The highest BCUT2D eigenvalue weighted by atomic mass is 32.2. The fourth-order valence-corrected chi connectivity index (χ4v) is 3.35. The molecule has 0 aromatic carbocycles. The molecule has 0 spiro atoms. The highest BCUT2D eigenvalue weighted by Crippen LogP contribution is 2.27. The van der Waals surface area contributed by atoms with Crippen molar-refractivity contribution in [3.63, 3.8) is 0 Å². The summed E-state index contributed by atoms with van der Waals surface area (Å²) in [5.41, 5.74) is 0. The number of aryl methyl sites for hydroxylation is 1. The Morgan fingerprint density at radius 1 is 1.21 bits per heavy atom. The summed E-state index contributed by atoms with van der Waals surface area (Å²) in [6, 6.07) is 0.567. The van der Waals surface area contributed by atoms with Crippen LogP contribution >= 0.6 is 11.8 Å². The van der Waals surface area contributed by atoms with E-state index in [4.69, 9.17) is 0 Å². The zero-order chi connectivity index (χ0) is 14.3. The highest BCUT2D eigenvalue weighted by molar-refractivity contribution is 7.99. The van der Waals surface area contributed by atoms with Crippen LogP contribution in [0.25, 0.3) is 0 Å². The molecule has 0 bridgehead atoms. The Balaban J connectivity index is 2.70. The summed E-state index contributed by atoms with van der Waals surface area (Å²) in [4.78, 5) is 0. The van der Waals surface area contributed by atoms with Crippen LogP contribution < -0.4 is 5.32 Å². The largest absolute Gasteiger partial charge is 0.313 e. The first-order valence-electron chi connectivity index (χ1n) is 7.39. The molecule has 1 N–H and O–H groups in total. The van der Waals surface area contributed by atoms with Gasteiger partial charge in [0.2, 0.25) is 0 Å². The quantitative estimate of drug-likeness (QED) is 0.707. The van der Waals surface area contributed by atoms with E-state index < -0.39 is 0 Å². The van der Waals surface area contributed by atoms with Crippen LogP contribution in [0.4, 0.5) is 0 Å². The van der Waals surface area contributed by atoms with Gasteiger partial charge in [-0.1, -0.05) is 39.0 Å². The van der Waals surface area contributed by atoms with E-state index in [2.05, 4.69) is 40.9 Å². The topological polar surface area (TPSA) is 42.7 Å². The Labute approximate surface area is 121 Å². The Morgan fingerprint density at radius 2 is 1.95 bits per heavy atom. The van der Waals surface area contributed by atoms with Crippen molar-refractivity contribution < 1.29 is 0 Å². The van der Waals surface area contributed by atoms with E-state index in [1.165, 1.54) is 19.3 Å². The number of nitrogens with zero attached hydrogens (tertiary/aromatic N) is 3. The van der Waals surface area contributed by atoms with Crippen molar-refractivity contribution in [3.05, 3.63) is 5.82 Å². The molecule has 0 saturated carbocycles. The summed E-state index contributed by atoms with van der Waals surface area (Å²) >= 11 is 1.86. The number of nitrogens with one attached hydrogen (secondary N) is 1. The number of rotatable bonds is 9. The molecular formula is C14H28N4S. The van der Waals surface area contributed by atoms with Crippen LogP contribution in [0.1, 0.15) is 52.3 Å². The van der Waals surface area contributed by atoms with Crippen LogP contribution in [0, 0.1) is 6.92 Å². The molecule has 0 saturated heterocycles. The third kappa shape index (κ3) is 4.80. The monoisotopic (exact) mass is 284 g/mol. The molecule has 1 aromatic heterocycles. The van der Waals surface area contributed by atoms with Gasteiger partial charge in [-0.2, -0.15) is 0 Å². The van der Waals surface area contributed by atoms with Gasteiger partial charge in [-0.3, -0.25) is 0 Å². The van der Waals surface area contributed by atoms with E-state index in [1.807, 2.05) is 25.7 Å². The predicted octanol–water partition coefficient (Wildman–Crippen LogP) is 3.16. The van der Waals surface area contributed by atoms with Crippen molar-refractivity contribution in [2.45, 2.75) is 69.8 Å². The lowest BCUT2D eigenvalue weighted by molar-refractivity contribution is 0.453. The van der Waals surface area contributed by atoms with Gasteiger partial charge < -0.3 is 9.88 Å². The molecule has 0 aliphatic heterocycles. The molecule has 5 heteroatoms. The number of thioether (sulfide) groups is 1. The van der Waals surface area contributed by atoms with E-state index in [9.17, 15) is 0 Å². The van der Waals surface area contributed by atoms with Gasteiger partial charge in [0, 0.05) is 18.3 Å². The van der Waals surface area contributed by atoms with Gasteiger partial charge in [0.25, 0.3) is 0 Å². The zero-order valence-electron chi connectivity index (χ0n) is 12.9. The zero-order valence-corrected chi connectivity index (χ0v) is 13.8. The average molecular weight is 284 g/mol. The third-order valence-corrected chi connectivity index (χ3v) is 4.95. The minimum atomic E-state index is 0.564. The van der Waals surface area contributed by atoms with Crippen LogP contribution in [0.5, 0.6) is 0 Å². The summed E-state index contributed by atoms with van der Waals surface area (Å²) in [5, 5.41) is 13.7. The minimum absolute atomic E-state index is 0.564. The van der Waals surface area contributed by atoms with Gasteiger partial charge in [0.15, 0.2) is 5.16 Å². The Morgan fingerprint density at radius 3 is 2.42 bits per heavy atom.